The molecule has 2 heterocycles. The van der Waals surface area contributed by atoms with Crippen LogP contribution in [0.25, 0.3) is 0 Å². The van der Waals surface area contributed by atoms with Crippen molar-refractivity contribution in [2.24, 2.45) is 0 Å². The molecule has 8 heteroatoms. The zero-order valence-electron chi connectivity index (χ0n) is 12.2. The van der Waals surface area contributed by atoms with Gasteiger partial charge < -0.3 is 4.74 Å². The third-order valence-corrected chi connectivity index (χ3v) is 4.56. The van der Waals surface area contributed by atoms with Crippen LogP contribution in [-0.2, 0) is 10.0 Å². The van der Waals surface area contributed by atoms with E-state index in [1.807, 2.05) is 18.2 Å². The van der Waals surface area contributed by atoms with Crippen LogP contribution in [0.2, 0.25) is 0 Å². The Balaban J connectivity index is 0.00000176. The summed E-state index contributed by atoms with van der Waals surface area (Å²) in [6.07, 6.45) is 2.73. The Hall–Kier alpha value is -1.15. The number of Topliss-reactive ketones (excluding diaryl/α,β-unsaturated/α-hetero) is 1. The molecule has 0 unspecified atom stereocenters. The highest BCUT2D eigenvalue weighted by Gasteiger charge is 2.43. The number of hydrogen-bond acceptors (Lipinski definition) is 5. The standard InChI is InChI=1S/C14H18N2O4S.ClH/c1-21(18,19)15-16-8-6-14(7-9-16)10-12(17)11-4-2-3-5-13(11)20-14;/h2-5,15H,6-10H2,1H3;1H. The van der Waals surface area contributed by atoms with Crippen LogP contribution >= 0.6 is 12.4 Å². The molecule has 1 aromatic carbocycles. The molecule has 22 heavy (non-hydrogen) atoms. The van der Waals surface area contributed by atoms with Gasteiger partial charge in [0, 0.05) is 25.9 Å². The van der Waals surface area contributed by atoms with Crippen LogP contribution in [0.4, 0.5) is 0 Å². The molecule has 1 N–H and O–H groups in total. The van der Waals surface area contributed by atoms with Gasteiger partial charge in [-0.15, -0.1) is 17.2 Å². The lowest BCUT2D eigenvalue weighted by molar-refractivity contribution is -0.0141. The van der Waals surface area contributed by atoms with Gasteiger partial charge in [0.1, 0.15) is 11.4 Å². The van der Waals surface area contributed by atoms with E-state index in [0.29, 0.717) is 43.7 Å². The molecule has 3 rings (SSSR count). The normalized spacial score (nSPS) is 20.9. The molecule has 0 aromatic heterocycles. The maximum atomic E-state index is 12.3. The minimum absolute atomic E-state index is 0. The summed E-state index contributed by atoms with van der Waals surface area (Å²) >= 11 is 0. The summed E-state index contributed by atoms with van der Waals surface area (Å²) < 4.78 is 28.6. The van der Waals surface area contributed by atoms with E-state index >= 15 is 0 Å². The van der Waals surface area contributed by atoms with E-state index in [1.165, 1.54) is 0 Å². The first-order chi connectivity index (χ1) is 9.87. The summed E-state index contributed by atoms with van der Waals surface area (Å²) in [5.41, 5.74) is 0.140. The van der Waals surface area contributed by atoms with Crippen LogP contribution in [0.1, 0.15) is 29.6 Å². The number of nitrogens with one attached hydrogen (secondary N) is 1. The number of rotatable bonds is 2. The second-order valence-electron chi connectivity index (χ2n) is 5.73. The molecule has 1 spiro atoms. The van der Waals surface area contributed by atoms with Crippen LogP contribution in [0.15, 0.2) is 24.3 Å². The number of carbonyl (C=O) groups excluding carboxylic acids is 1. The fraction of sp³-hybridized carbons (Fsp3) is 0.500. The quantitative estimate of drug-likeness (QED) is 0.875. The topological polar surface area (TPSA) is 75.7 Å². The lowest BCUT2D eigenvalue weighted by Gasteiger charge is -2.43. The second kappa shape index (κ2) is 6.16. The number of ketones is 1. The van der Waals surface area contributed by atoms with Gasteiger partial charge in [0.15, 0.2) is 5.78 Å². The molecular formula is C14H19ClN2O4S. The third-order valence-electron chi connectivity index (χ3n) is 3.97. The first-order valence-corrected chi connectivity index (χ1v) is 8.80. The number of benzene rings is 1. The van der Waals surface area contributed by atoms with Gasteiger partial charge in [0.25, 0.3) is 0 Å². The average Bonchev–Trinajstić information content (AvgIpc) is 2.40. The van der Waals surface area contributed by atoms with Crippen LogP contribution in [0.5, 0.6) is 5.75 Å². The Bertz CT molecular complexity index is 669. The van der Waals surface area contributed by atoms with Crippen LogP contribution in [0, 0.1) is 0 Å². The van der Waals surface area contributed by atoms with Crippen molar-refractivity contribution in [3.63, 3.8) is 0 Å². The van der Waals surface area contributed by atoms with Crippen molar-refractivity contribution in [3.05, 3.63) is 29.8 Å². The first-order valence-electron chi connectivity index (χ1n) is 6.91. The maximum Gasteiger partial charge on any atom is 0.221 e. The van der Waals surface area contributed by atoms with E-state index in [4.69, 9.17) is 4.74 Å². The molecule has 0 amide bonds. The Morgan fingerprint density at radius 1 is 1.23 bits per heavy atom. The van der Waals surface area contributed by atoms with Crippen molar-refractivity contribution in [1.29, 1.82) is 0 Å². The molecule has 2 aliphatic heterocycles. The highest BCUT2D eigenvalue weighted by atomic mass is 35.5. The molecular weight excluding hydrogens is 328 g/mol. The average molecular weight is 347 g/mol. The van der Waals surface area contributed by atoms with Crippen molar-refractivity contribution in [3.8, 4) is 5.75 Å². The summed E-state index contributed by atoms with van der Waals surface area (Å²) in [4.78, 5) is 14.7. The van der Waals surface area contributed by atoms with Crippen LogP contribution in [-0.4, -0.2) is 44.2 Å². The summed E-state index contributed by atoms with van der Waals surface area (Å²) in [6.45, 7) is 1.06. The largest absolute Gasteiger partial charge is 0.486 e. The van der Waals surface area contributed by atoms with E-state index in [0.717, 1.165) is 6.26 Å². The lowest BCUT2D eigenvalue weighted by atomic mass is 9.83. The molecule has 122 valence electrons. The highest BCUT2D eigenvalue weighted by Crippen LogP contribution is 2.38. The Labute approximate surface area is 136 Å². The van der Waals surface area contributed by atoms with Gasteiger partial charge in [-0.25, -0.2) is 13.4 Å². The molecule has 0 aliphatic carbocycles. The Morgan fingerprint density at radius 3 is 2.50 bits per heavy atom. The van der Waals surface area contributed by atoms with Gasteiger partial charge in [-0.3, -0.25) is 4.79 Å². The van der Waals surface area contributed by atoms with Gasteiger partial charge >= 0.3 is 0 Å². The van der Waals surface area contributed by atoms with Gasteiger partial charge in [0.2, 0.25) is 10.0 Å². The molecule has 0 radical (unpaired) electrons. The molecule has 6 nitrogen and oxygen atoms in total. The van der Waals surface area contributed by atoms with Crippen LogP contribution < -0.4 is 9.57 Å². The molecule has 2 aliphatic rings. The van der Waals surface area contributed by atoms with Crippen molar-refractivity contribution in [2.45, 2.75) is 24.9 Å². The number of carbonyl (C=O) groups is 1. The summed E-state index contributed by atoms with van der Waals surface area (Å²) in [7, 11) is -3.26. The Morgan fingerprint density at radius 2 is 1.86 bits per heavy atom. The fourth-order valence-electron chi connectivity index (χ4n) is 2.96. The lowest BCUT2D eigenvalue weighted by Crippen LogP contribution is -2.55. The van der Waals surface area contributed by atoms with Gasteiger partial charge in [0.05, 0.1) is 18.2 Å². The second-order valence-corrected chi connectivity index (χ2v) is 7.46. The van der Waals surface area contributed by atoms with E-state index in [1.54, 1.807) is 11.1 Å². The van der Waals surface area contributed by atoms with Gasteiger partial charge in [-0.2, -0.15) is 0 Å². The molecule has 0 bridgehead atoms. The molecule has 0 saturated carbocycles. The van der Waals surface area contributed by atoms with E-state index in [-0.39, 0.29) is 18.2 Å². The van der Waals surface area contributed by atoms with E-state index in [9.17, 15) is 13.2 Å². The maximum absolute atomic E-state index is 12.3. The number of sulfonamides is 1. The number of hydrogen-bond donors (Lipinski definition) is 1. The SMILES string of the molecule is CS(=O)(=O)NN1CCC2(CC1)CC(=O)c1ccccc1O2.Cl. The molecule has 1 aromatic rings. The predicted octanol–water partition coefficient (Wildman–Crippen LogP) is 1.37. The number of para-hydroxylation sites is 1. The minimum atomic E-state index is -3.26. The van der Waals surface area contributed by atoms with Gasteiger partial charge in [-0.05, 0) is 12.1 Å². The molecule has 0 atom stereocenters. The van der Waals surface area contributed by atoms with Crippen molar-refractivity contribution in [2.75, 3.05) is 19.3 Å². The Kier molecular flexibility index (Phi) is 4.81. The predicted molar refractivity (Wildman–Crippen MR) is 84.8 cm³/mol. The monoisotopic (exact) mass is 346 g/mol. The number of hydrazine groups is 1. The van der Waals surface area contributed by atoms with Crippen molar-refractivity contribution < 1.29 is 17.9 Å². The number of fused-ring (bicyclic) bond motifs is 1. The summed E-state index contributed by atoms with van der Waals surface area (Å²) in [5.74, 6) is 0.736. The van der Waals surface area contributed by atoms with Crippen molar-refractivity contribution >= 4 is 28.2 Å². The summed E-state index contributed by atoms with van der Waals surface area (Å²) in [6, 6.07) is 7.28. The number of halogens is 1. The van der Waals surface area contributed by atoms with Crippen LogP contribution in [0.3, 0.4) is 0 Å². The fourth-order valence-corrected chi connectivity index (χ4v) is 3.61. The minimum Gasteiger partial charge on any atom is -0.486 e. The van der Waals surface area contributed by atoms with E-state index < -0.39 is 15.6 Å². The molecule has 1 saturated heterocycles. The van der Waals surface area contributed by atoms with Crippen molar-refractivity contribution in [1.82, 2.24) is 9.84 Å². The van der Waals surface area contributed by atoms with Gasteiger partial charge in [-0.1, -0.05) is 12.1 Å². The molecule has 1 fully saturated rings. The highest BCUT2D eigenvalue weighted by molar-refractivity contribution is 7.88. The number of ether oxygens (including phenoxy) is 1. The third kappa shape index (κ3) is 3.60. The zero-order chi connectivity index (χ0) is 15.1. The summed E-state index contributed by atoms with van der Waals surface area (Å²) in [5, 5.41) is 1.66. The first kappa shape index (κ1) is 17.2. The number of nitrogens with zero attached hydrogens (tertiary/aromatic N) is 1. The number of piperidine rings is 1. The smallest absolute Gasteiger partial charge is 0.221 e. The van der Waals surface area contributed by atoms with E-state index in [2.05, 4.69) is 4.83 Å². The zero-order valence-corrected chi connectivity index (χ0v) is 13.9.